The van der Waals surface area contributed by atoms with E-state index in [1.165, 1.54) is 30.4 Å². The lowest BCUT2D eigenvalue weighted by Gasteiger charge is -2.33. The van der Waals surface area contributed by atoms with Crippen molar-refractivity contribution in [3.63, 3.8) is 0 Å². The summed E-state index contributed by atoms with van der Waals surface area (Å²) in [4.78, 5) is 4.15. The minimum absolute atomic E-state index is 0.509. The Bertz CT molecular complexity index is 651. The Morgan fingerprint density at radius 1 is 1.24 bits per heavy atom. The molecule has 5 nitrogen and oxygen atoms in total. The summed E-state index contributed by atoms with van der Waals surface area (Å²) in [6, 6.07) is 9.81. The highest BCUT2D eigenvalue weighted by molar-refractivity contribution is 5.27. The van der Waals surface area contributed by atoms with Crippen molar-refractivity contribution in [3.05, 3.63) is 54.1 Å². The van der Waals surface area contributed by atoms with Crippen molar-refractivity contribution in [1.29, 1.82) is 0 Å². The van der Waals surface area contributed by atoms with Gasteiger partial charge in [0.05, 0.1) is 19.5 Å². The van der Waals surface area contributed by atoms with Crippen molar-refractivity contribution in [2.75, 3.05) is 19.8 Å². The number of nitrogens with zero attached hydrogens (tertiary/aromatic N) is 2. The molecule has 25 heavy (non-hydrogen) atoms. The van der Waals surface area contributed by atoms with Crippen molar-refractivity contribution in [2.45, 2.75) is 44.4 Å². The maximum absolute atomic E-state index is 5.68. The van der Waals surface area contributed by atoms with Gasteiger partial charge in [-0.2, -0.15) is 0 Å². The van der Waals surface area contributed by atoms with Crippen LogP contribution in [0.15, 0.2) is 43.0 Å². The summed E-state index contributed by atoms with van der Waals surface area (Å²) in [6.07, 6.45) is 9.63. The molecule has 1 aromatic carbocycles. The minimum Gasteiger partial charge on any atom is -0.379 e. The second-order valence-electron chi connectivity index (χ2n) is 7.22. The van der Waals surface area contributed by atoms with Gasteiger partial charge < -0.3 is 19.9 Å². The molecule has 2 heterocycles. The van der Waals surface area contributed by atoms with Gasteiger partial charge >= 0.3 is 0 Å². The Hall–Kier alpha value is -1.69. The third-order valence-electron chi connectivity index (χ3n) is 5.62. The molecule has 5 heteroatoms. The van der Waals surface area contributed by atoms with Crippen molar-refractivity contribution < 1.29 is 4.74 Å². The van der Waals surface area contributed by atoms with Crippen LogP contribution in [0.3, 0.4) is 0 Å². The van der Waals surface area contributed by atoms with Crippen LogP contribution >= 0.6 is 0 Å². The highest BCUT2D eigenvalue weighted by atomic mass is 16.5. The largest absolute Gasteiger partial charge is 0.379 e. The first-order valence-electron chi connectivity index (χ1n) is 9.47. The summed E-state index contributed by atoms with van der Waals surface area (Å²) in [5.41, 5.74) is 2.75. The molecule has 1 aliphatic carbocycles. The average molecular weight is 340 g/mol. The fourth-order valence-corrected chi connectivity index (χ4v) is 4.29. The van der Waals surface area contributed by atoms with Crippen LogP contribution < -0.4 is 10.6 Å². The van der Waals surface area contributed by atoms with Gasteiger partial charge in [0.2, 0.25) is 0 Å². The number of imidazole rings is 1. The summed E-state index contributed by atoms with van der Waals surface area (Å²) < 4.78 is 7.81. The molecule has 0 spiro atoms. The Morgan fingerprint density at radius 2 is 2.16 bits per heavy atom. The topological polar surface area (TPSA) is 51.1 Å². The molecule has 1 saturated heterocycles. The van der Waals surface area contributed by atoms with Crippen LogP contribution in [0.5, 0.6) is 0 Å². The quantitative estimate of drug-likeness (QED) is 0.846. The number of hydrogen-bond donors (Lipinski definition) is 2. The molecule has 0 radical (unpaired) electrons. The zero-order valence-corrected chi connectivity index (χ0v) is 14.7. The van der Waals surface area contributed by atoms with Crippen LogP contribution in [0, 0.1) is 5.92 Å². The first-order valence-corrected chi connectivity index (χ1v) is 9.47. The van der Waals surface area contributed by atoms with Crippen LogP contribution in [0.2, 0.25) is 0 Å². The summed E-state index contributed by atoms with van der Waals surface area (Å²) in [5.74, 6) is 0.682. The standard InChI is InChI=1S/C20H28N4O/c1-2-5-17(13-24-10-8-21-15-24)16(4-1)12-23-19-7-3-6-18(19)20-14-25-11-9-22-20/h1-2,4-5,8,10,15,18-20,22-23H,3,6-7,9,11-14H2. The lowest BCUT2D eigenvalue weighted by atomic mass is 9.93. The van der Waals surface area contributed by atoms with Crippen molar-refractivity contribution >= 4 is 0 Å². The van der Waals surface area contributed by atoms with E-state index in [1.54, 1.807) is 0 Å². The summed E-state index contributed by atoms with van der Waals surface area (Å²) in [6.45, 7) is 4.51. The maximum atomic E-state index is 5.68. The number of benzene rings is 1. The van der Waals surface area contributed by atoms with Gasteiger partial charge in [-0.15, -0.1) is 0 Å². The maximum Gasteiger partial charge on any atom is 0.0949 e. The first-order chi connectivity index (χ1) is 12.4. The normalized spacial score (nSPS) is 26.8. The van der Waals surface area contributed by atoms with Gasteiger partial charge in [0.25, 0.3) is 0 Å². The number of aromatic nitrogens is 2. The molecule has 2 fully saturated rings. The minimum atomic E-state index is 0.509. The van der Waals surface area contributed by atoms with E-state index in [1.807, 2.05) is 18.7 Å². The Labute approximate surface area is 149 Å². The molecule has 3 unspecified atom stereocenters. The van der Waals surface area contributed by atoms with Crippen LogP contribution in [-0.2, 0) is 17.8 Å². The van der Waals surface area contributed by atoms with E-state index in [9.17, 15) is 0 Å². The molecular weight excluding hydrogens is 312 g/mol. The van der Waals surface area contributed by atoms with Crippen LogP contribution in [0.4, 0.5) is 0 Å². The van der Waals surface area contributed by atoms with E-state index >= 15 is 0 Å². The first kappa shape index (κ1) is 16.8. The molecule has 3 atom stereocenters. The second-order valence-corrected chi connectivity index (χ2v) is 7.22. The number of hydrogen-bond acceptors (Lipinski definition) is 4. The number of nitrogens with one attached hydrogen (secondary N) is 2. The lowest BCUT2D eigenvalue weighted by Crippen LogP contribution is -2.50. The molecule has 0 bridgehead atoms. The SMILES string of the molecule is c1ccc(Cn2ccnc2)c(CNC2CCCC2C2COCCN2)c1. The van der Waals surface area contributed by atoms with Gasteiger partial charge in [0.1, 0.15) is 0 Å². The monoisotopic (exact) mass is 340 g/mol. The van der Waals surface area contributed by atoms with E-state index in [0.717, 1.165) is 32.8 Å². The number of ether oxygens (including phenoxy) is 1. The molecule has 2 aliphatic rings. The van der Waals surface area contributed by atoms with Gasteiger partial charge in [0, 0.05) is 44.1 Å². The average Bonchev–Trinajstić information content (AvgIpc) is 3.33. The third kappa shape index (κ3) is 4.11. The molecule has 1 aromatic heterocycles. The zero-order chi connectivity index (χ0) is 16.9. The van der Waals surface area contributed by atoms with Crippen LogP contribution in [0.1, 0.15) is 30.4 Å². The summed E-state index contributed by atoms with van der Waals surface area (Å²) in [7, 11) is 0. The Kier molecular flexibility index (Phi) is 5.45. The van der Waals surface area contributed by atoms with Gasteiger partial charge in [0.15, 0.2) is 0 Å². The van der Waals surface area contributed by atoms with Gasteiger partial charge in [-0.1, -0.05) is 30.7 Å². The third-order valence-corrected chi connectivity index (χ3v) is 5.62. The van der Waals surface area contributed by atoms with Crippen molar-refractivity contribution in [2.24, 2.45) is 5.92 Å². The zero-order valence-electron chi connectivity index (χ0n) is 14.7. The van der Waals surface area contributed by atoms with E-state index < -0.39 is 0 Å². The Morgan fingerprint density at radius 3 is 2.96 bits per heavy atom. The molecular formula is C20H28N4O. The molecule has 2 aromatic rings. The van der Waals surface area contributed by atoms with E-state index in [4.69, 9.17) is 4.74 Å². The number of rotatable bonds is 6. The van der Waals surface area contributed by atoms with E-state index in [-0.39, 0.29) is 0 Å². The predicted octanol–water partition coefficient (Wildman–Crippen LogP) is 2.18. The van der Waals surface area contributed by atoms with E-state index in [2.05, 4.69) is 44.5 Å². The van der Waals surface area contributed by atoms with Crippen LogP contribution in [-0.4, -0.2) is 41.4 Å². The van der Waals surface area contributed by atoms with Crippen molar-refractivity contribution in [1.82, 2.24) is 20.2 Å². The molecule has 0 amide bonds. The van der Waals surface area contributed by atoms with Crippen molar-refractivity contribution in [3.8, 4) is 0 Å². The molecule has 1 aliphatic heterocycles. The summed E-state index contributed by atoms with van der Waals surface area (Å²) in [5, 5.41) is 7.50. The predicted molar refractivity (Wildman–Crippen MR) is 98.3 cm³/mol. The van der Waals surface area contributed by atoms with E-state index in [0.29, 0.717) is 18.0 Å². The van der Waals surface area contributed by atoms with Gasteiger partial charge in [-0.3, -0.25) is 0 Å². The van der Waals surface area contributed by atoms with Gasteiger partial charge in [-0.25, -0.2) is 4.98 Å². The highest BCUT2D eigenvalue weighted by Crippen LogP contribution is 2.30. The molecule has 4 rings (SSSR count). The molecule has 1 saturated carbocycles. The molecule has 134 valence electrons. The lowest BCUT2D eigenvalue weighted by molar-refractivity contribution is 0.0524. The van der Waals surface area contributed by atoms with Gasteiger partial charge in [-0.05, 0) is 29.9 Å². The second kappa shape index (κ2) is 8.13. The Balaban J connectivity index is 1.39. The highest BCUT2D eigenvalue weighted by Gasteiger charge is 2.34. The summed E-state index contributed by atoms with van der Waals surface area (Å²) >= 11 is 0. The smallest absolute Gasteiger partial charge is 0.0949 e. The number of morpholine rings is 1. The molecule has 2 N–H and O–H groups in total. The fraction of sp³-hybridized carbons (Fsp3) is 0.550. The van der Waals surface area contributed by atoms with Crippen LogP contribution in [0.25, 0.3) is 0 Å². The fourth-order valence-electron chi connectivity index (χ4n) is 4.29.